The monoisotopic (exact) mass is 329 g/mol. The number of hydrogen-bond donors (Lipinski definition) is 0. The molecule has 5 heteroatoms. The number of aryl methyl sites for hydroxylation is 1. The molecule has 0 saturated carbocycles. The lowest BCUT2D eigenvalue weighted by molar-refractivity contribution is 0.827. The van der Waals surface area contributed by atoms with Crippen LogP contribution >= 0.6 is 31.9 Å². The molecule has 78 valence electrons. The van der Waals surface area contributed by atoms with Gasteiger partial charge in [-0.25, -0.2) is 4.68 Å². The van der Waals surface area contributed by atoms with Crippen LogP contribution in [0.25, 0.3) is 5.69 Å². The van der Waals surface area contributed by atoms with E-state index in [0.717, 1.165) is 26.0 Å². The van der Waals surface area contributed by atoms with Crippen molar-refractivity contribution in [1.29, 1.82) is 0 Å². The zero-order valence-corrected chi connectivity index (χ0v) is 11.5. The Morgan fingerprint density at radius 3 is 2.53 bits per heavy atom. The summed E-state index contributed by atoms with van der Waals surface area (Å²) in [7, 11) is 0. The van der Waals surface area contributed by atoms with Crippen LogP contribution in [0.1, 0.15) is 11.4 Å². The molecule has 15 heavy (non-hydrogen) atoms. The first-order valence-corrected chi connectivity index (χ1v) is 6.01. The number of pyridine rings is 1. The normalized spacial score (nSPS) is 10.7. The number of halogens is 2. The van der Waals surface area contributed by atoms with Crippen molar-refractivity contribution >= 4 is 31.9 Å². The number of nitrogens with zero attached hydrogens (tertiary/aromatic N) is 3. The lowest BCUT2D eigenvalue weighted by atomic mass is 10.3. The van der Waals surface area contributed by atoms with E-state index in [1.165, 1.54) is 0 Å². The average Bonchev–Trinajstić information content (AvgIpc) is 2.47. The summed E-state index contributed by atoms with van der Waals surface area (Å²) in [6.45, 7) is 4.00. The van der Waals surface area contributed by atoms with Gasteiger partial charge in [0.1, 0.15) is 0 Å². The van der Waals surface area contributed by atoms with Crippen LogP contribution in [0.4, 0.5) is 0 Å². The second kappa shape index (κ2) is 4.06. The van der Waals surface area contributed by atoms with E-state index >= 15 is 0 Å². The molecule has 3 nitrogen and oxygen atoms in total. The van der Waals surface area contributed by atoms with Gasteiger partial charge in [0.05, 0.1) is 26.0 Å². The van der Waals surface area contributed by atoms with E-state index in [-0.39, 0.29) is 0 Å². The standard InChI is InChI=1S/C10H9Br2N3/c1-6-10(12)7(2)15(14-6)9-3-4-13-5-8(9)11/h3-5H,1-2H3. The first-order valence-electron chi connectivity index (χ1n) is 4.43. The molecular formula is C10H9Br2N3. The molecule has 0 aliphatic carbocycles. The van der Waals surface area contributed by atoms with Gasteiger partial charge in [-0.05, 0) is 51.8 Å². The molecule has 0 radical (unpaired) electrons. The summed E-state index contributed by atoms with van der Waals surface area (Å²) in [5, 5.41) is 4.45. The molecule has 0 spiro atoms. The first kappa shape index (κ1) is 10.8. The van der Waals surface area contributed by atoms with Gasteiger partial charge in [-0.15, -0.1) is 0 Å². The third kappa shape index (κ3) is 1.86. The van der Waals surface area contributed by atoms with Crippen molar-refractivity contribution in [2.45, 2.75) is 13.8 Å². The van der Waals surface area contributed by atoms with Gasteiger partial charge < -0.3 is 0 Å². The van der Waals surface area contributed by atoms with Gasteiger partial charge in [0.15, 0.2) is 0 Å². The lowest BCUT2D eigenvalue weighted by Crippen LogP contribution is -2.00. The van der Waals surface area contributed by atoms with Gasteiger partial charge in [0, 0.05) is 12.4 Å². The predicted molar refractivity (Wildman–Crippen MR) is 66.2 cm³/mol. The summed E-state index contributed by atoms with van der Waals surface area (Å²) in [5.41, 5.74) is 3.06. The maximum absolute atomic E-state index is 4.45. The van der Waals surface area contributed by atoms with Gasteiger partial charge in [-0.2, -0.15) is 5.10 Å². The molecule has 0 saturated heterocycles. The molecule has 0 aromatic carbocycles. The molecule has 0 amide bonds. The minimum Gasteiger partial charge on any atom is -0.263 e. The smallest absolute Gasteiger partial charge is 0.0822 e. The predicted octanol–water partition coefficient (Wildman–Crippen LogP) is 3.41. The molecular weight excluding hydrogens is 322 g/mol. The van der Waals surface area contributed by atoms with Crippen LogP contribution in [-0.4, -0.2) is 14.8 Å². The zero-order chi connectivity index (χ0) is 11.0. The van der Waals surface area contributed by atoms with Crippen LogP contribution in [0.2, 0.25) is 0 Å². The summed E-state index contributed by atoms with van der Waals surface area (Å²) >= 11 is 6.97. The Morgan fingerprint density at radius 1 is 1.27 bits per heavy atom. The minimum atomic E-state index is 0.933. The van der Waals surface area contributed by atoms with E-state index in [9.17, 15) is 0 Å². The molecule has 0 aliphatic heterocycles. The fraction of sp³-hybridized carbons (Fsp3) is 0.200. The van der Waals surface area contributed by atoms with Crippen molar-refractivity contribution < 1.29 is 0 Å². The summed E-state index contributed by atoms with van der Waals surface area (Å²) in [6, 6.07) is 1.93. The summed E-state index contributed by atoms with van der Waals surface area (Å²) < 4.78 is 3.87. The van der Waals surface area contributed by atoms with Crippen LogP contribution in [0, 0.1) is 13.8 Å². The fourth-order valence-electron chi connectivity index (χ4n) is 1.40. The molecule has 2 aromatic rings. The van der Waals surface area contributed by atoms with Gasteiger partial charge in [0.25, 0.3) is 0 Å². The summed E-state index contributed by atoms with van der Waals surface area (Å²) in [6.07, 6.45) is 3.52. The molecule has 2 heterocycles. The quantitative estimate of drug-likeness (QED) is 0.802. The Kier molecular flexibility index (Phi) is 2.93. The largest absolute Gasteiger partial charge is 0.263 e. The van der Waals surface area contributed by atoms with Crippen molar-refractivity contribution in [2.75, 3.05) is 0 Å². The third-order valence-electron chi connectivity index (χ3n) is 2.18. The van der Waals surface area contributed by atoms with Gasteiger partial charge in [-0.3, -0.25) is 4.98 Å². The van der Waals surface area contributed by atoms with E-state index in [0.29, 0.717) is 0 Å². The third-order valence-corrected chi connectivity index (χ3v) is 3.94. The SMILES string of the molecule is Cc1nn(-c2ccncc2Br)c(C)c1Br. The van der Waals surface area contributed by atoms with E-state index < -0.39 is 0 Å². The zero-order valence-electron chi connectivity index (χ0n) is 8.33. The van der Waals surface area contributed by atoms with Crippen molar-refractivity contribution in [3.8, 4) is 5.69 Å². The molecule has 0 N–H and O–H groups in total. The van der Waals surface area contributed by atoms with Crippen LogP contribution < -0.4 is 0 Å². The Morgan fingerprint density at radius 2 is 2.00 bits per heavy atom. The molecule has 0 atom stereocenters. The number of aromatic nitrogens is 3. The van der Waals surface area contributed by atoms with Gasteiger partial charge in [0.2, 0.25) is 0 Å². The minimum absolute atomic E-state index is 0.933. The molecule has 0 bridgehead atoms. The first-order chi connectivity index (χ1) is 7.11. The number of rotatable bonds is 1. The maximum Gasteiger partial charge on any atom is 0.0822 e. The van der Waals surface area contributed by atoms with Crippen molar-refractivity contribution in [1.82, 2.24) is 14.8 Å². The Balaban J connectivity index is 2.65. The second-order valence-electron chi connectivity index (χ2n) is 3.22. The lowest BCUT2D eigenvalue weighted by Gasteiger charge is -2.05. The van der Waals surface area contributed by atoms with Crippen LogP contribution in [0.15, 0.2) is 27.4 Å². The number of hydrogen-bond acceptors (Lipinski definition) is 2. The molecule has 0 unspecified atom stereocenters. The average molecular weight is 331 g/mol. The van der Waals surface area contributed by atoms with Crippen LogP contribution in [0.3, 0.4) is 0 Å². The van der Waals surface area contributed by atoms with Crippen LogP contribution in [0.5, 0.6) is 0 Å². The maximum atomic E-state index is 4.45. The fourth-order valence-corrected chi connectivity index (χ4v) is 2.06. The van der Waals surface area contributed by atoms with Crippen molar-refractivity contribution in [3.05, 3.63) is 38.8 Å². The topological polar surface area (TPSA) is 30.7 Å². The molecule has 2 rings (SSSR count). The Hall–Kier alpha value is -0.680. The van der Waals surface area contributed by atoms with E-state index in [1.807, 2.05) is 24.6 Å². The molecule has 2 aromatic heterocycles. The summed E-state index contributed by atoms with van der Waals surface area (Å²) in [4.78, 5) is 4.03. The Bertz CT molecular complexity index is 505. The molecule has 0 fully saturated rings. The van der Waals surface area contributed by atoms with E-state index in [2.05, 4.69) is 41.9 Å². The highest BCUT2D eigenvalue weighted by atomic mass is 79.9. The summed E-state index contributed by atoms with van der Waals surface area (Å²) in [5.74, 6) is 0. The van der Waals surface area contributed by atoms with Gasteiger partial charge in [-0.1, -0.05) is 0 Å². The Labute approximate surface area is 105 Å². The van der Waals surface area contributed by atoms with Crippen LogP contribution in [-0.2, 0) is 0 Å². The highest BCUT2D eigenvalue weighted by molar-refractivity contribution is 9.11. The molecule has 0 aliphatic rings. The van der Waals surface area contributed by atoms with Crippen molar-refractivity contribution in [2.24, 2.45) is 0 Å². The van der Waals surface area contributed by atoms with Crippen molar-refractivity contribution in [3.63, 3.8) is 0 Å². The van der Waals surface area contributed by atoms with E-state index in [4.69, 9.17) is 0 Å². The van der Waals surface area contributed by atoms with Gasteiger partial charge >= 0.3 is 0 Å². The highest BCUT2D eigenvalue weighted by Gasteiger charge is 2.11. The highest BCUT2D eigenvalue weighted by Crippen LogP contribution is 2.26. The van der Waals surface area contributed by atoms with E-state index in [1.54, 1.807) is 12.4 Å². The second-order valence-corrected chi connectivity index (χ2v) is 4.87.